The molecular weight excluding hydrogens is 591 g/mol. The maximum atomic E-state index is 13.4. The van der Waals surface area contributed by atoms with Crippen LogP contribution in [-0.2, 0) is 25.6 Å². The van der Waals surface area contributed by atoms with Crippen molar-refractivity contribution in [3.8, 4) is 0 Å². The molecule has 0 radical (unpaired) electrons. The Morgan fingerprint density at radius 1 is 0.977 bits per heavy atom. The number of nitrogen functional groups attached to an aromatic ring is 1. The van der Waals surface area contributed by atoms with Gasteiger partial charge in [-0.2, -0.15) is 18.2 Å². The number of ether oxygens (including phenoxy) is 2. The minimum absolute atomic E-state index is 0.117. The summed E-state index contributed by atoms with van der Waals surface area (Å²) in [6.07, 6.45) is -3.66. The molecule has 3 amide bonds. The number of anilines is 2. The van der Waals surface area contributed by atoms with E-state index in [4.69, 9.17) is 20.9 Å². The number of nitrogens with two attached hydrogens (primary N) is 2. The highest BCUT2D eigenvalue weighted by atomic mass is 19.4. The number of fused-ring (bicyclic) bond motifs is 1. The number of rotatable bonds is 16. The van der Waals surface area contributed by atoms with Crippen LogP contribution >= 0.6 is 0 Å². The van der Waals surface area contributed by atoms with E-state index in [-0.39, 0.29) is 52.9 Å². The largest absolute Gasteiger partial charge is 0.471 e. The van der Waals surface area contributed by atoms with Gasteiger partial charge in [0.2, 0.25) is 11.9 Å². The third-order valence-corrected chi connectivity index (χ3v) is 5.80. The smallest absolute Gasteiger partial charge is 0.378 e. The first-order valence-corrected chi connectivity index (χ1v) is 13.4. The zero-order chi connectivity index (χ0) is 32.1. The molecule has 0 aliphatic rings. The van der Waals surface area contributed by atoms with Crippen LogP contribution in [0.1, 0.15) is 28.9 Å². The normalized spacial score (nSPS) is 11.4. The molecule has 238 valence electrons. The predicted molar refractivity (Wildman–Crippen MR) is 151 cm³/mol. The van der Waals surface area contributed by atoms with Gasteiger partial charge in [-0.05, 0) is 30.7 Å². The lowest BCUT2D eigenvalue weighted by atomic mass is 10.1. The van der Waals surface area contributed by atoms with Gasteiger partial charge in [0.1, 0.15) is 0 Å². The average molecular weight is 624 g/mol. The fourth-order valence-corrected chi connectivity index (χ4v) is 3.74. The highest BCUT2D eigenvalue weighted by molar-refractivity contribution is 5.98. The lowest BCUT2D eigenvalue weighted by molar-refractivity contribution is -0.170. The summed E-state index contributed by atoms with van der Waals surface area (Å²) < 4.78 is 50.7. The Balaban J connectivity index is 1.53. The first-order valence-electron chi connectivity index (χ1n) is 13.4. The molecule has 0 aliphatic heterocycles. The molecule has 2 heterocycles. The van der Waals surface area contributed by atoms with Crippen molar-refractivity contribution in [1.29, 1.82) is 0 Å². The van der Waals surface area contributed by atoms with E-state index in [1.807, 2.05) is 0 Å². The Bertz CT molecular complexity index is 1480. The first-order chi connectivity index (χ1) is 21.0. The molecule has 44 heavy (non-hydrogen) atoms. The van der Waals surface area contributed by atoms with Crippen molar-refractivity contribution >= 4 is 40.5 Å². The molecule has 0 fully saturated rings. The fourth-order valence-electron chi connectivity index (χ4n) is 3.74. The minimum atomic E-state index is -5.23. The molecule has 0 atom stereocenters. The number of nitrogens with one attached hydrogen (secondary N) is 3. The van der Waals surface area contributed by atoms with Crippen LogP contribution in [0.2, 0.25) is 0 Å². The number of aromatic nitrogens is 4. The van der Waals surface area contributed by atoms with Crippen molar-refractivity contribution in [2.75, 3.05) is 56.7 Å². The molecule has 0 unspecified atom stereocenters. The molecule has 0 saturated carbocycles. The third-order valence-electron chi connectivity index (χ3n) is 5.80. The van der Waals surface area contributed by atoms with E-state index < -0.39 is 30.1 Å². The van der Waals surface area contributed by atoms with E-state index in [0.29, 0.717) is 50.8 Å². The number of carbonyl (C=O) groups excluding carboxylic acids is 3. The molecule has 0 bridgehead atoms. The number of carbonyl (C=O) groups is 3. The van der Waals surface area contributed by atoms with Crippen LogP contribution in [0.3, 0.4) is 0 Å². The maximum Gasteiger partial charge on any atom is 0.471 e. The standard InChI is InChI=1S/C26H32F3N9O6/c27-26(28,29)24(42)38(15-17-14-34-21-20(35-17)23(41)37-25(31)36-21)18-5-3-16(4-6-18)22(40)33-8-1-2-19(39)32-9-11-44-13-12-43-10-7-30/h3-6,14H,1-2,7-13,15,30H2,(H,32,39)(H,33,40)(H3,31,34,36,37,41). The number of benzene rings is 1. The molecule has 2 aromatic heterocycles. The lowest BCUT2D eigenvalue weighted by Gasteiger charge is -2.23. The second kappa shape index (κ2) is 16.2. The number of halogens is 3. The van der Waals surface area contributed by atoms with Crippen LogP contribution in [0.25, 0.3) is 11.2 Å². The van der Waals surface area contributed by atoms with Gasteiger partial charge in [-0.1, -0.05) is 0 Å². The van der Waals surface area contributed by atoms with Crippen LogP contribution in [-0.4, -0.2) is 89.9 Å². The van der Waals surface area contributed by atoms with Gasteiger partial charge in [0.15, 0.2) is 11.2 Å². The Morgan fingerprint density at radius 3 is 2.36 bits per heavy atom. The summed E-state index contributed by atoms with van der Waals surface area (Å²) in [5, 5.41) is 5.31. The summed E-state index contributed by atoms with van der Waals surface area (Å²) in [6, 6.07) is 4.83. The maximum absolute atomic E-state index is 13.4. The number of hydrogen-bond acceptors (Lipinski definition) is 11. The van der Waals surface area contributed by atoms with Gasteiger partial charge in [0.25, 0.3) is 11.5 Å². The van der Waals surface area contributed by atoms with E-state index in [1.54, 1.807) is 0 Å². The zero-order valence-corrected chi connectivity index (χ0v) is 23.5. The van der Waals surface area contributed by atoms with Gasteiger partial charge in [-0.25, -0.2) is 9.97 Å². The van der Waals surface area contributed by atoms with Crippen molar-refractivity contribution in [1.82, 2.24) is 30.6 Å². The molecule has 7 N–H and O–H groups in total. The van der Waals surface area contributed by atoms with Crippen LogP contribution < -0.4 is 32.6 Å². The van der Waals surface area contributed by atoms with Gasteiger partial charge < -0.3 is 31.6 Å². The van der Waals surface area contributed by atoms with Crippen LogP contribution in [0.5, 0.6) is 0 Å². The summed E-state index contributed by atoms with van der Waals surface area (Å²) in [5.74, 6) is -3.15. The second-order valence-electron chi connectivity index (χ2n) is 9.14. The molecule has 0 saturated heterocycles. The highest BCUT2D eigenvalue weighted by Gasteiger charge is 2.43. The van der Waals surface area contributed by atoms with Crippen molar-refractivity contribution in [3.63, 3.8) is 0 Å². The van der Waals surface area contributed by atoms with E-state index in [0.717, 1.165) is 6.20 Å². The van der Waals surface area contributed by atoms with Gasteiger partial charge in [0.05, 0.1) is 44.9 Å². The number of H-pyrrole nitrogens is 1. The van der Waals surface area contributed by atoms with Gasteiger partial charge in [-0.15, -0.1) is 0 Å². The summed E-state index contributed by atoms with van der Waals surface area (Å²) >= 11 is 0. The molecule has 3 aromatic rings. The number of hydrogen-bond donors (Lipinski definition) is 5. The van der Waals surface area contributed by atoms with E-state index in [1.165, 1.54) is 24.3 Å². The molecule has 1 aromatic carbocycles. The monoisotopic (exact) mass is 623 g/mol. The van der Waals surface area contributed by atoms with Crippen LogP contribution in [0, 0.1) is 0 Å². The Kier molecular flexibility index (Phi) is 12.5. The van der Waals surface area contributed by atoms with Crippen molar-refractivity contribution in [3.05, 3.63) is 52.1 Å². The SMILES string of the molecule is NCCOCCOCCNC(=O)CCCNC(=O)c1ccc(N(Cc2cnc3nc(N)[nH]c(=O)c3n2)C(=O)C(F)(F)F)cc1. The van der Waals surface area contributed by atoms with Crippen molar-refractivity contribution < 1.29 is 37.0 Å². The lowest BCUT2D eigenvalue weighted by Crippen LogP contribution is -2.41. The quantitative estimate of drug-likeness (QED) is 0.134. The Morgan fingerprint density at radius 2 is 1.68 bits per heavy atom. The number of aromatic amines is 1. The molecule has 0 aliphatic carbocycles. The van der Waals surface area contributed by atoms with Crippen molar-refractivity contribution in [2.45, 2.75) is 25.6 Å². The topological polar surface area (TPSA) is 221 Å². The number of alkyl halides is 3. The van der Waals surface area contributed by atoms with Gasteiger partial charge >= 0.3 is 12.1 Å². The second-order valence-corrected chi connectivity index (χ2v) is 9.14. The predicted octanol–water partition coefficient (Wildman–Crippen LogP) is 0.00890. The minimum Gasteiger partial charge on any atom is -0.378 e. The zero-order valence-electron chi connectivity index (χ0n) is 23.5. The first kappa shape index (κ1) is 33.8. The Hall–Kier alpha value is -4.68. The molecule has 15 nitrogen and oxygen atoms in total. The molecule has 3 rings (SSSR count). The van der Waals surface area contributed by atoms with E-state index in [9.17, 15) is 32.3 Å². The molecule has 18 heteroatoms. The Labute approximate surface area is 248 Å². The van der Waals surface area contributed by atoms with Crippen molar-refractivity contribution in [2.24, 2.45) is 5.73 Å². The van der Waals surface area contributed by atoms with Gasteiger partial charge in [-0.3, -0.25) is 29.1 Å². The highest BCUT2D eigenvalue weighted by Crippen LogP contribution is 2.26. The number of nitrogens with zero attached hydrogens (tertiary/aromatic N) is 4. The molecular formula is C26H32F3N9O6. The fraction of sp³-hybridized carbons (Fsp3) is 0.423. The third kappa shape index (κ3) is 10.2. The van der Waals surface area contributed by atoms with Crippen LogP contribution in [0.4, 0.5) is 24.8 Å². The summed E-state index contributed by atoms with van der Waals surface area (Å²) in [6.45, 7) is 1.80. The average Bonchev–Trinajstić information content (AvgIpc) is 2.98. The summed E-state index contributed by atoms with van der Waals surface area (Å²) in [5.41, 5.74) is 9.43. The van der Waals surface area contributed by atoms with Gasteiger partial charge in [0, 0.05) is 37.3 Å². The summed E-state index contributed by atoms with van der Waals surface area (Å²) in [7, 11) is 0. The summed E-state index contributed by atoms with van der Waals surface area (Å²) in [4.78, 5) is 63.1. The van der Waals surface area contributed by atoms with E-state index >= 15 is 0 Å². The van der Waals surface area contributed by atoms with Crippen LogP contribution in [0.15, 0.2) is 35.3 Å². The number of amides is 3. The van der Waals surface area contributed by atoms with E-state index in [2.05, 4.69) is 30.6 Å². The molecule has 0 spiro atoms.